The van der Waals surface area contributed by atoms with Crippen LogP contribution in [0.4, 0.5) is 5.69 Å². The van der Waals surface area contributed by atoms with E-state index in [0.29, 0.717) is 0 Å². The highest BCUT2D eigenvalue weighted by molar-refractivity contribution is 5.70. The molecule has 3 rings (SSSR count). The summed E-state index contributed by atoms with van der Waals surface area (Å²) >= 11 is 0. The Labute approximate surface area is 83.4 Å². The molecule has 0 bridgehead atoms. The summed E-state index contributed by atoms with van der Waals surface area (Å²) in [6.07, 6.45) is 7.14. The Hall–Kier alpha value is -1.57. The van der Waals surface area contributed by atoms with Gasteiger partial charge in [0.1, 0.15) is 0 Å². The molecule has 0 aromatic heterocycles. The van der Waals surface area contributed by atoms with Gasteiger partial charge < -0.3 is 5.32 Å². The Kier molecular flexibility index (Phi) is 1.51. The highest BCUT2D eigenvalue weighted by atomic mass is 14.9. The van der Waals surface area contributed by atoms with Gasteiger partial charge in [-0.25, -0.2) is 0 Å². The molecule has 14 heavy (non-hydrogen) atoms. The van der Waals surface area contributed by atoms with Crippen molar-refractivity contribution in [2.45, 2.75) is 11.8 Å². The lowest BCUT2D eigenvalue weighted by Crippen LogP contribution is -2.27. The second-order valence-electron chi connectivity index (χ2n) is 3.91. The standard InChI is InChI=1S/C12H12N2/c1-2-4-11-10(3-1)12(9-14-11)5-7-13-8-6-12/h1-5,7-8,14H,6,9H2. The summed E-state index contributed by atoms with van der Waals surface area (Å²) in [5, 5.41) is 3.45. The van der Waals surface area contributed by atoms with Gasteiger partial charge in [-0.15, -0.1) is 0 Å². The largest absolute Gasteiger partial charge is 0.384 e. The number of nitrogens with zero attached hydrogens (tertiary/aromatic N) is 1. The average molecular weight is 184 g/mol. The van der Waals surface area contributed by atoms with E-state index >= 15 is 0 Å². The van der Waals surface area contributed by atoms with E-state index in [-0.39, 0.29) is 5.41 Å². The topological polar surface area (TPSA) is 24.4 Å². The van der Waals surface area contributed by atoms with Gasteiger partial charge in [-0.1, -0.05) is 24.3 Å². The summed E-state index contributed by atoms with van der Waals surface area (Å²) < 4.78 is 0. The first-order valence-corrected chi connectivity index (χ1v) is 4.93. The fourth-order valence-corrected chi connectivity index (χ4v) is 2.28. The molecule has 2 nitrogen and oxygen atoms in total. The Balaban J connectivity index is 2.13. The minimum absolute atomic E-state index is 0.165. The fraction of sp³-hybridized carbons (Fsp3) is 0.250. The molecule has 0 fully saturated rings. The molecule has 0 amide bonds. The molecule has 1 spiro atoms. The van der Waals surface area contributed by atoms with Gasteiger partial charge in [0.25, 0.3) is 0 Å². The van der Waals surface area contributed by atoms with Crippen molar-refractivity contribution >= 4 is 11.9 Å². The van der Waals surface area contributed by atoms with Gasteiger partial charge in [-0.05, 0) is 18.1 Å². The lowest BCUT2D eigenvalue weighted by molar-refractivity contribution is 0.616. The van der Waals surface area contributed by atoms with Gasteiger partial charge >= 0.3 is 0 Å². The quantitative estimate of drug-likeness (QED) is 0.657. The molecule has 2 aliphatic rings. The van der Waals surface area contributed by atoms with Gasteiger partial charge in [-0.3, -0.25) is 4.99 Å². The zero-order valence-corrected chi connectivity index (χ0v) is 7.90. The number of fused-ring (bicyclic) bond motifs is 2. The zero-order chi connectivity index (χ0) is 9.43. The number of rotatable bonds is 0. The van der Waals surface area contributed by atoms with Crippen LogP contribution in [0.15, 0.2) is 41.5 Å². The number of benzene rings is 1. The monoisotopic (exact) mass is 184 g/mol. The molecule has 0 saturated carbocycles. The average Bonchev–Trinajstić information content (AvgIpc) is 2.60. The van der Waals surface area contributed by atoms with Crippen LogP contribution in [0.5, 0.6) is 0 Å². The van der Waals surface area contributed by atoms with E-state index in [4.69, 9.17) is 0 Å². The van der Waals surface area contributed by atoms with E-state index < -0.39 is 0 Å². The molecular weight excluding hydrogens is 172 g/mol. The van der Waals surface area contributed by atoms with Crippen molar-refractivity contribution in [1.29, 1.82) is 0 Å². The number of aliphatic imine (C=N–C) groups is 1. The van der Waals surface area contributed by atoms with E-state index in [1.807, 2.05) is 12.4 Å². The summed E-state index contributed by atoms with van der Waals surface area (Å²) in [5.74, 6) is 0. The van der Waals surface area contributed by atoms with Crippen molar-refractivity contribution in [2.75, 3.05) is 11.9 Å². The molecule has 1 aromatic carbocycles. The molecule has 2 heteroatoms. The minimum atomic E-state index is 0.165. The van der Waals surface area contributed by atoms with E-state index in [2.05, 4.69) is 40.7 Å². The minimum Gasteiger partial charge on any atom is -0.384 e. The predicted octanol–water partition coefficient (Wildman–Crippen LogP) is 2.34. The SMILES string of the molecule is C1=CC2(CC=N1)CNc1ccccc12. The third kappa shape index (κ3) is 0.939. The molecule has 70 valence electrons. The molecule has 0 radical (unpaired) electrons. The summed E-state index contributed by atoms with van der Waals surface area (Å²) in [4.78, 5) is 4.14. The van der Waals surface area contributed by atoms with Crippen molar-refractivity contribution in [3.63, 3.8) is 0 Å². The van der Waals surface area contributed by atoms with Gasteiger partial charge in [0.15, 0.2) is 0 Å². The second kappa shape index (κ2) is 2.71. The lowest BCUT2D eigenvalue weighted by Gasteiger charge is -2.25. The maximum Gasteiger partial charge on any atom is 0.0392 e. The number of para-hydroxylation sites is 1. The van der Waals surface area contributed by atoms with Gasteiger partial charge in [0, 0.05) is 30.1 Å². The molecule has 1 aromatic rings. The van der Waals surface area contributed by atoms with Gasteiger partial charge in [-0.2, -0.15) is 0 Å². The number of nitrogens with one attached hydrogen (secondary N) is 1. The predicted molar refractivity (Wildman–Crippen MR) is 58.9 cm³/mol. The number of hydrogen-bond acceptors (Lipinski definition) is 2. The van der Waals surface area contributed by atoms with Gasteiger partial charge in [0.2, 0.25) is 0 Å². The maximum atomic E-state index is 4.14. The summed E-state index contributed by atoms with van der Waals surface area (Å²) in [7, 11) is 0. The van der Waals surface area contributed by atoms with Gasteiger partial charge in [0.05, 0.1) is 0 Å². The maximum absolute atomic E-state index is 4.14. The van der Waals surface area contributed by atoms with Crippen LogP contribution in [0.25, 0.3) is 0 Å². The van der Waals surface area contributed by atoms with Crippen LogP contribution in [0.2, 0.25) is 0 Å². The fourth-order valence-electron chi connectivity index (χ4n) is 2.28. The third-order valence-corrected chi connectivity index (χ3v) is 3.10. The first kappa shape index (κ1) is 7.80. The van der Waals surface area contributed by atoms with Crippen LogP contribution in [-0.4, -0.2) is 12.8 Å². The third-order valence-electron chi connectivity index (χ3n) is 3.10. The van der Waals surface area contributed by atoms with Crippen LogP contribution in [0, 0.1) is 0 Å². The molecule has 1 unspecified atom stereocenters. The molecule has 2 aliphatic heterocycles. The summed E-state index contributed by atoms with van der Waals surface area (Å²) in [6.45, 7) is 0.995. The molecule has 2 heterocycles. The van der Waals surface area contributed by atoms with E-state index in [9.17, 15) is 0 Å². The molecule has 0 saturated heterocycles. The van der Waals surface area contributed by atoms with Crippen molar-refractivity contribution in [2.24, 2.45) is 4.99 Å². The molecular formula is C12H12N2. The van der Waals surface area contributed by atoms with Crippen LogP contribution >= 0.6 is 0 Å². The highest BCUT2D eigenvalue weighted by Gasteiger charge is 2.36. The number of anilines is 1. The summed E-state index contributed by atoms with van der Waals surface area (Å²) in [5.41, 5.74) is 2.84. The van der Waals surface area contributed by atoms with E-state index in [1.54, 1.807) is 0 Å². The van der Waals surface area contributed by atoms with Crippen molar-refractivity contribution in [3.8, 4) is 0 Å². The first-order chi connectivity index (χ1) is 6.91. The lowest BCUT2D eigenvalue weighted by atomic mass is 9.79. The first-order valence-electron chi connectivity index (χ1n) is 4.93. The molecule has 1 atom stereocenters. The van der Waals surface area contributed by atoms with E-state index in [0.717, 1.165) is 13.0 Å². The van der Waals surface area contributed by atoms with E-state index in [1.165, 1.54) is 11.3 Å². The Morgan fingerprint density at radius 1 is 1.29 bits per heavy atom. The summed E-state index contributed by atoms with van der Waals surface area (Å²) in [6, 6.07) is 8.53. The highest BCUT2D eigenvalue weighted by Crippen LogP contribution is 2.40. The van der Waals surface area contributed by atoms with Crippen molar-refractivity contribution < 1.29 is 0 Å². The second-order valence-corrected chi connectivity index (χ2v) is 3.91. The van der Waals surface area contributed by atoms with Crippen LogP contribution in [-0.2, 0) is 5.41 Å². The normalized spacial score (nSPS) is 27.7. The van der Waals surface area contributed by atoms with Crippen LogP contribution in [0.3, 0.4) is 0 Å². The Morgan fingerprint density at radius 2 is 2.21 bits per heavy atom. The zero-order valence-electron chi connectivity index (χ0n) is 7.90. The van der Waals surface area contributed by atoms with Crippen molar-refractivity contribution in [3.05, 3.63) is 42.1 Å². The number of hydrogen-bond donors (Lipinski definition) is 1. The Morgan fingerprint density at radius 3 is 3.07 bits per heavy atom. The Bertz CT molecular complexity index is 420. The molecule has 1 N–H and O–H groups in total. The molecule has 0 aliphatic carbocycles. The van der Waals surface area contributed by atoms with Crippen LogP contribution < -0.4 is 5.32 Å². The van der Waals surface area contributed by atoms with Crippen LogP contribution in [0.1, 0.15) is 12.0 Å². The smallest absolute Gasteiger partial charge is 0.0392 e. The van der Waals surface area contributed by atoms with Crippen molar-refractivity contribution in [1.82, 2.24) is 0 Å².